The van der Waals surface area contributed by atoms with E-state index in [0.717, 1.165) is 95.9 Å². The SMILES string of the molecule is CCc1cnc(N2CCC(COc3ccc(C4=CCC(C(=O)N5CCCC5)CC4)cc3)CC2)nc1. The quantitative estimate of drug-likeness (QED) is 0.556. The summed E-state index contributed by atoms with van der Waals surface area (Å²) in [6.07, 6.45) is 14.5. The number of carbonyl (C=O) groups is 1. The fraction of sp³-hybridized carbons (Fsp3) is 0.552. The molecule has 0 radical (unpaired) electrons. The first-order chi connectivity index (χ1) is 17.2. The highest BCUT2D eigenvalue weighted by Gasteiger charge is 2.28. The summed E-state index contributed by atoms with van der Waals surface area (Å²) in [6.45, 7) is 6.74. The first-order valence-corrected chi connectivity index (χ1v) is 13.5. The van der Waals surface area contributed by atoms with Crippen molar-refractivity contribution >= 4 is 17.4 Å². The van der Waals surface area contributed by atoms with Crippen molar-refractivity contribution < 1.29 is 9.53 Å². The summed E-state index contributed by atoms with van der Waals surface area (Å²) in [7, 11) is 0. The Kier molecular flexibility index (Phi) is 7.65. The van der Waals surface area contributed by atoms with E-state index in [0.29, 0.717) is 11.8 Å². The number of piperidine rings is 1. The highest BCUT2D eigenvalue weighted by molar-refractivity contribution is 5.81. The lowest BCUT2D eigenvalue weighted by atomic mass is 9.86. The Morgan fingerprint density at radius 3 is 2.34 bits per heavy atom. The van der Waals surface area contributed by atoms with Crippen LogP contribution in [0.25, 0.3) is 5.57 Å². The number of hydrogen-bond acceptors (Lipinski definition) is 5. The van der Waals surface area contributed by atoms with E-state index in [1.807, 2.05) is 12.4 Å². The van der Waals surface area contributed by atoms with E-state index in [4.69, 9.17) is 4.74 Å². The van der Waals surface area contributed by atoms with E-state index >= 15 is 0 Å². The van der Waals surface area contributed by atoms with Gasteiger partial charge in [-0.1, -0.05) is 25.1 Å². The molecular formula is C29H38N4O2. The minimum Gasteiger partial charge on any atom is -0.493 e. The average Bonchev–Trinajstić information content (AvgIpc) is 3.48. The summed E-state index contributed by atoms with van der Waals surface area (Å²) in [5, 5.41) is 0. The van der Waals surface area contributed by atoms with Crippen LogP contribution >= 0.6 is 0 Å². The van der Waals surface area contributed by atoms with Gasteiger partial charge in [0.2, 0.25) is 11.9 Å². The van der Waals surface area contributed by atoms with Crippen LogP contribution in [0.1, 0.15) is 63.0 Å². The molecule has 0 N–H and O–H groups in total. The summed E-state index contributed by atoms with van der Waals surface area (Å²) in [6, 6.07) is 8.53. The second kappa shape index (κ2) is 11.2. The molecule has 0 spiro atoms. The number of anilines is 1. The fourth-order valence-electron chi connectivity index (χ4n) is 5.49. The van der Waals surface area contributed by atoms with Gasteiger partial charge in [-0.2, -0.15) is 0 Å². The minimum absolute atomic E-state index is 0.174. The number of ether oxygens (including phenoxy) is 1. The number of allylic oxidation sites excluding steroid dienone is 2. The molecule has 1 aromatic carbocycles. The van der Waals surface area contributed by atoms with E-state index in [1.165, 1.54) is 16.7 Å². The highest BCUT2D eigenvalue weighted by Crippen LogP contribution is 2.32. The monoisotopic (exact) mass is 474 g/mol. The molecule has 3 aliphatic rings. The maximum Gasteiger partial charge on any atom is 0.226 e. The number of hydrogen-bond donors (Lipinski definition) is 0. The van der Waals surface area contributed by atoms with Crippen LogP contribution < -0.4 is 9.64 Å². The summed E-state index contributed by atoms with van der Waals surface area (Å²) < 4.78 is 6.15. The molecule has 2 aliphatic heterocycles. The van der Waals surface area contributed by atoms with Gasteiger partial charge in [0.15, 0.2) is 0 Å². The van der Waals surface area contributed by atoms with Gasteiger partial charge in [-0.05, 0) is 86.1 Å². The van der Waals surface area contributed by atoms with Crippen LogP contribution in [-0.2, 0) is 11.2 Å². The second-order valence-electron chi connectivity index (χ2n) is 10.2. The smallest absolute Gasteiger partial charge is 0.226 e. The van der Waals surface area contributed by atoms with Crippen molar-refractivity contribution in [3.63, 3.8) is 0 Å². The van der Waals surface area contributed by atoms with Crippen LogP contribution in [0.5, 0.6) is 5.75 Å². The molecule has 1 amide bonds. The molecule has 5 rings (SSSR count). The van der Waals surface area contributed by atoms with Gasteiger partial charge in [-0.15, -0.1) is 0 Å². The van der Waals surface area contributed by atoms with Crippen LogP contribution in [0.2, 0.25) is 0 Å². The van der Waals surface area contributed by atoms with Crippen LogP contribution in [0.3, 0.4) is 0 Å². The molecule has 6 heteroatoms. The number of aromatic nitrogens is 2. The van der Waals surface area contributed by atoms with E-state index in [2.05, 4.69) is 57.0 Å². The zero-order valence-corrected chi connectivity index (χ0v) is 21.0. The molecule has 2 saturated heterocycles. The second-order valence-corrected chi connectivity index (χ2v) is 10.2. The molecule has 3 heterocycles. The van der Waals surface area contributed by atoms with Gasteiger partial charge in [0.25, 0.3) is 0 Å². The zero-order chi connectivity index (χ0) is 24.0. The molecule has 186 valence electrons. The summed E-state index contributed by atoms with van der Waals surface area (Å²) in [4.78, 5) is 26.1. The molecule has 2 fully saturated rings. The van der Waals surface area contributed by atoms with Gasteiger partial charge in [0, 0.05) is 44.5 Å². The van der Waals surface area contributed by atoms with Crippen LogP contribution in [0, 0.1) is 11.8 Å². The number of aryl methyl sites for hydroxylation is 1. The Labute approximate surface area is 209 Å². The first-order valence-electron chi connectivity index (χ1n) is 13.5. The summed E-state index contributed by atoms with van der Waals surface area (Å²) in [5.74, 6) is 2.89. The minimum atomic E-state index is 0.174. The average molecular weight is 475 g/mol. The third kappa shape index (κ3) is 5.85. The topological polar surface area (TPSA) is 58.6 Å². The van der Waals surface area contributed by atoms with E-state index < -0.39 is 0 Å². The van der Waals surface area contributed by atoms with Crippen molar-refractivity contribution in [1.82, 2.24) is 14.9 Å². The predicted octanol–water partition coefficient (Wildman–Crippen LogP) is 5.14. The number of amides is 1. The molecule has 0 bridgehead atoms. The molecule has 35 heavy (non-hydrogen) atoms. The van der Waals surface area contributed by atoms with Gasteiger partial charge >= 0.3 is 0 Å². The molecule has 1 aromatic heterocycles. The zero-order valence-electron chi connectivity index (χ0n) is 21.0. The van der Waals surface area contributed by atoms with Crippen molar-refractivity contribution in [2.45, 2.75) is 58.3 Å². The molecule has 1 aliphatic carbocycles. The Balaban J connectivity index is 1.07. The molecular weight excluding hydrogens is 436 g/mol. The normalized spacial score (nSPS) is 21.2. The lowest BCUT2D eigenvalue weighted by molar-refractivity contribution is -0.134. The van der Waals surface area contributed by atoms with E-state index in [9.17, 15) is 4.79 Å². The predicted molar refractivity (Wildman–Crippen MR) is 139 cm³/mol. The van der Waals surface area contributed by atoms with E-state index in [1.54, 1.807) is 0 Å². The molecule has 2 aromatic rings. The summed E-state index contributed by atoms with van der Waals surface area (Å²) in [5.41, 5.74) is 3.80. The number of carbonyl (C=O) groups excluding carboxylic acids is 1. The standard InChI is InChI=1S/C29H38N4O2/c1-2-22-19-30-29(31-20-22)33-17-13-23(14-18-33)21-35-27-11-9-25(10-12-27)24-5-7-26(8-6-24)28(34)32-15-3-4-16-32/h5,9-12,19-20,23,26H,2-4,6-8,13-18,21H2,1H3. The lowest BCUT2D eigenvalue weighted by Crippen LogP contribution is -2.36. The molecule has 1 atom stereocenters. The number of likely N-dealkylation sites (tertiary alicyclic amines) is 1. The summed E-state index contributed by atoms with van der Waals surface area (Å²) >= 11 is 0. The van der Waals surface area contributed by atoms with Crippen molar-refractivity contribution in [3.05, 3.63) is 53.9 Å². The van der Waals surface area contributed by atoms with Crippen molar-refractivity contribution in [2.75, 3.05) is 37.7 Å². The van der Waals surface area contributed by atoms with Crippen molar-refractivity contribution in [1.29, 1.82) is 0 Å². The number of rotatable bonds is 7. The Bertz CT molecular complexity index is 1000. The van der Waals surface area contributed by atoms with Gasteiger partial charge < -0.3 is 14.5 Å². The highest BCUT2D eigenvalue weighted by atomic mass is 16.5. The Morgan fingerprint density at radius 1 is 1.00 bits per heavy atom. The lowest BCUT2D eigenvalue weighted by Gasteiger charge is -2.31. The molecule has 6 nitrogen and oxygen atoms in total. The molecule has 0 saturated carbocycles. The van der Waals surface area contributed by atoms with Gasteiger partial charge in [-0.25, -0.2) is 9.97 Å². The molecule has 1 unspecified atom stereocenters. The van der Waals surface area contributed by atoms with Crippen molar-refractivity contribution in [3.8, 4) is 5.75 Å². The van der Waals surface area contributed by atoms with Crippen LogP contribution in [0.4, 0.5) is 5.95 Å². The maximum absolute atomic E-state index is 12.7. The maximum atomic E-state index is 12.7. The van der Waals surface area contributed by atoms with Crippen molar-refractivity contribution in [2.24, 2.45) is 11.8 Å². The third-order valence-electron chi connectivity index (χ3n) is 7.89. The van der Waals surface area contributed by atoms with E-state index in [-0.39, 0.29) is 5.92 Å². The first kappa shape index (κ1) is 23.8. The number of nitrogens with zero attached hydrogens (tertiary/aromatic N) is 4. The third-order valence-corrected chi connectivity index (χ3v) is 7.89. The largest absolute Gasteiger partial charge is 0.493 e. The number of benzene rings is 1. The van der Waals surface area contributed by atoms with Crippen LogP contribution in [0.15, 0.2) is 42.7 Å². The Hall–Kier alpha value is -2.89. The van der Waals surface area contributed by atoms with Gasteiger partial charge in [0.05, 0.1) is 6.61 Å². The van der Waals surface area contributed by atoms with Gasteiger partial charge in [0.1, 0.15) is 5.75 Å². The van der Waals surface area contributed by atoms with Crippen LogP contribution in [-0.4, -0.2) is 53.6 Å². The Morgan fingerprint density at radius 2 is 1.71 bits per heavy atom. The van der Waals surface area contributed by atoms with Gasteiger partial charge in [-0.3, -0.25) is 4.79 Å². The fourth-order valence-corrected chi connectivity index (χ4v) is 5.49.